The van der Waals surface area contributed by atoms with E-state index in [1.807, 2.05) is 6.92 Å². The quantitative estimate of drug-likeness (QED) is 0.133. The van der Waals surface area contributed by atoms with E-state index in [0.29, 0.717) is 19.3 Å². The lowest BCUT2D eigenvalue weighted by atomic mass is 10.1. The fraction of sp³-hybridized carbons (Fsp3) is 0.840. The van der Waals surface area contributed by atoms with E-state index in [4.69, 9.17) is 9.47 Å². The van der Waals surface area contributed by atoms with Crippen LogP contribution in [0, 0.1) is 0 Å². The number of aliphatic hydroxyl groups is 1. The van der Waals surface area contributed by atoms with E-state index in [1.54, 1.807) is 0 Å². The molecule has 0 unspecified atom stereocenters. The predicted octanol–water partition coefficient (Wildman–Crippen LogP) is 6.27. The Kier molecular flexibility index (Phi) is 21.3. The van der Waals surface area contributed by atoms with Gasteiger partial charge in [-0.15, -0.1) is 0 Å². The van der Waals surface area contributed by atoms with Crippen molar-refractivity contribution in [2.75, 3.05) is 13.2 Å². The summed E-state index contributed by atoms with van der Waals surface area (Å²) < 4.78 is 10.2. The van der Waals surface area contributed by atoms with Gasteiger partial charge < -0.3 is 14.6 Å². The maximum Gasteiger partial charge on any atom is 0.306 e. The molecule has 1 N–H and O–H groups in total. The summed E-state index contributed by atoms with van der Waals surface area (Å²) in [6.07, 6.45) is 21.1. The van der Waals surface area contributed by atoms with Gasteiger partial charge in [-0.25, -0.2) is 0 Å². The summed E-state index contributed by atoms with van der Waals surface area (Å²) in [7, 11) is 0. The second kappa shape index (κ2) is 22.3. The first kappa shape index (κ1) is 28.6. The zero-order valence-corrected chi connectivity index (χ0v) is 19.5. The van der Waals surface area contributed by atoms with Crippen molar-refractivity contribution in [2.24, 2.45) is 0 Å². The second-order valence-electron chi connectivity index (χ2n) is 8.06. The number of aliphatic hydroxyl groups excluding tert-OH is 1. The van der Waals surface area contributed by atoms with Gasteiger partial charge in [0, 0.05) is 12.8 Å². The highest BCUT2D eigenvalue weighted by atomic mass is 16.6. The molecule has 0 aromatic heterocycles. The Hall–Kier alpha value is -1.36. The Bertz CT molecular complexity index is 433. The number of esters is 2. The van der Waals surface area contributed by atoms with Gasteiger partial charge in [0.15, 0.2) is 6.10 Å². The SMILES string of the molecule is CCCCCCCC/C=C\CCCCCCCC(=O)OC[C@H](CO)OC(=O)CCC. The van der Waals surface area contributed by atoms with Crippen molar-refractivity contribution in [1.29, 1.82) is 0 Å². The largest absolute Gasteiger partial charge is 0.462 e. The molecule has 176 valence electrons. The molecule has 0 aliphatic carbocycles. The number of hydrogen-bond donors (Lipinski definition) is 1. The summed E-state index contributed by atoms with van der Waals surface area (Å²) in [5.41, 5.74) is 0. The Morgan fingerprint density at radius 1 is 0.733 bits per heavy atom. The highest BCUT2D eigenvalue weighted by Gasteiger charge is 2.15. The monoisotopic (exact) mass is 426 g/mol. The first-order valence-electron chi connectivity index (χ1n) is 12.2. The standard InChI is InChI=1S/C25H46O5/c1-3-5-6-7-8-9-10-11-12-13-14-15-16-17-18-20-24(27)29-22-23(21-26)30-25(28)19-4-2/h11-12,23,26H,3-10,13-22H2,1-2H3/b12-11-/t23-/m0/s1. The number of hydrogen-bond acceptors (Lipinski definition) is 5. The average Bonchev–Trinajstić information content (AvgIpc) is 2.74. The zero-order chi connectivity index (χ0) is 22.3. The lowest BCUT2D eigenvalue weighted by Crippen LogP contribution is -2.28. The van der Waals surface area contributed by atoms with Crippen molar-refractivity contribution in [3.05, 3.63) is 12.2 Å². The van der Waals surface area contributed by atoms with Crippen LogP contribution in [0.1, 0.15) is 117 Å². The summed E-state index contributed by atoms with van der Waals surface area (Å²) in [5, 5.41) is 9.20. The van der Waals surface area contributed by atoms with Crippen LogP contribution in [0.4, 0.5) is 0 Å². The summed E-state index contributed by atoms with van der Waals surface area (Å²) in [6, 6.07) is 0. The summed E-state index contributed by atoms with van der Waals surface area (Å²) in [6.45, 7) is 3.72. The van der Waals surface area contributed by atoms with Crippen molar-refractivity contribution in [1.82, 2.24) is 0 Å². The molecule has 0 rings (SSSR count). The van der Waals surface area contributed by atoms with Gasteiger partial charge in [-0.2, -0.15) is 0 Å². The molecule has 0 saturated heterocycles. The van der Waals surface area contributed by atoms with Crippen molar-refractivity contribution < 1.29 is 24.2 Å². The van der Waals surface area contributed by atoms with Gasteiger partial charge in [-0.05, 0) is 38.5 Å². The molecule has 30 heavy (non-hydrogen) atoms. The van der Waals surface area contributed by atoms with Gasteiger partial charge in [0.05, 0.1) is 6.61 Å². The van der Waals surface area contributed by atoms with Gasteiger partial charge in [0.2, 0.25) is 0 Å². The minimum Gasteiger partial charge on any atom is -0.462 e. The molecule has 5 heteroatoms. The fourth-order valence-electron chi connectivity index (χ4n) is 3.17. The smallest absolute Gasteiger partial charge is 0.306 e. The van der Waals surface area contributed by atoms with Crippen LogP contribution in [0.25, 0.3) is 0 Å². The molecule has 0 bridgehead atoms. The third-order valence-corrected chi connectivity index (χ3v) is 5.03. The van der Waals surface area contributed by atoms with E-state index in [2.05, 4.69) is 19.1 Å². The molecule has 0 saturated carbocycles. The normalized spacial score (nSPS) is 12.2. The number of unbranched alkanes of at least 4 members (excludes halogenated alkanes) is 11. The summed E-state index contributed by atoms with van der Waals surface area (Å²) in [4.78, 5) is 23.2. The highest BCUT2D eigenvalue weighted by Crippen LogP contribution is 2.10. The van der Waals surface area contributed by atoms with Gasteiger partial charge in [0.25, 0.3) is 0 Å². The number of rotatable bonds is 21. The Labute approximate surface area is 184 Å². The van der Waals surface area contributed by atoms with Gasteiger partial charge in [0.1, 0.15) is 6.61 Å². The van der Waals surface area contributed by atoms with E-state index in [0.717, 1.165) is 25.7 Å². The van der Waals surface area contributed by atoms with Crippen LogP contribution in [0.15, 0.2) is 12.2 Å². The molecule has 0 aliphatic rings. The first-order chi connectivity index (χ1) is 14.6. The minimum atomic E-state index is -0.762. The second-order valence-corrected chi connectivity index (χ2v) is 8.06. The third-order valence-electron chi connectivity index (χ3n) is 5.03. The van der Waals surface area contributed by atoms with Crippen molar-refractivity contribution in [3.63, 3.8) is 0 Å². The molecule has 0 fully saturated rings. The van der Waals surface area contributed by atoms with Crippen LogP contribution >= 0.6 is 0 Å². The molecule has 0 heterocycles. The molecule has 5 nitrogen and oxygen atoms in total. The van der Waals surface area contributed by atoms with Crippen LogP contribution in [0.3, 0.4) is 0 Å². The van der Waals surface area contributed by atoms with E-state index < -0.39 is 6.10 Å². The van der Waals surface area contributed by atoms with E-state index in [1.165, 1.54) is 57.8 Å². The van der Waals surface area contributed by atoms with Gasteiger partial charge in [-0.1, -0.05) is 77.4 Å². The number of allylic oxidation sites excluding steroid dienone is 2. The number of ether oxygens (including phenoxy) is 2. The molecule has 0 amide bonds. The number of carbonyl (C=O) groups excluding carboxylic acids is 2. The molecular formula is C25H46O5. The third kappa shape index (κ3) is 19.9. The summed E-state index contributed by atoms with van der Waals surface area (Å²) >= 11 is 0. The van der Waals surface area contributed by atoms with Gasteiger partial charge >= 0.3 is 11.9 Å². The first-order valence-corrected chi connectivity index (χ1v) is 12.2. The van der Waals surface area contributed by atoms with Crippen LogP contribution in [-0.2, 0) is 19.1 Å². The molecule has 0 radical (unpaired) electrons. The maximum atomic E-state index is 11.8. The lowest BCUT2D eigenvalue weighted by molar-refractivity contribution is -0.161. The molecular weight excluding hydrogens is 380 g/mol. The van der Waals surface area contributed by atoms with Crippen LogP contribution in [-0.4, -0.2) is 36.4 Å². The highest BCUT2D eigenvalue weighted by molar-refractivity contribution is 5.70. The van der Waals surface area contributed by atoms with E-state index >= 15 is 0 Å². The topological polar surface area (TPSA) is 72.8 Å². The van der Waals surface area contributed by atoms with E-state index in [9.17, 15) is 14.7 Å². The molecule has 1 atom stereocenters. The number of carbonyl (C=O) groups is 2. The Morgan fingerprint density at radius 2 is 1.30 bits per heavy atom. The van der Waals surface area contributed by atoms with Crippen molar-refractivity contribution in [2.45, 2.75) is 123 Å². The molecule has 0 aromatic carbocycles. The molecule has 0 spiro atoms. The Balaban J connectivity index is 3.47. The van der Waals surface area contributed by atoms with Gasteiger partial charge in [-0.3, -0.25) is 9.59 Å². The summed E-state index contributed by atoms with van der Waals surface area (Å²) in [5.74, 6) is -0.664. The average molecular weight is 427 g/mol. The van der Waals surface area contributed by atoms with Crippen molar-refractivity contribution >= 4 is 11.9 Å². The molecule has 0 aliphatic heterocycles. The van der Waals surface area contributed by atoms with Crippen LogP contribution in [0.2, 0.25) is 0 Å². The minimum absolute atomic E-state index is 0.0735. The molecule has 0 aromatic rings. The lowest BCUT2D eigenvalue weighted by Gasteiger charge is -2.15. The Morgan fingerprint density at radius 3 is 1.87 bits per heavy atom. The zero-order valence-electron chi connectivity index (χ0n) is 19.5. The predicted molar refractivity (Wildman–Crippen MR) is 122 cm³/mol. The fourth-order valence-corrected chi connectivity index (χ4v) is 3.17. The van der Waals surface area contributed by atoms with Crippen LogP contribution in [0.5, 0.6) is 0 Å². The van der Waals surface area contributed by atoms with E-state index in [-0.39, 0.29) is 25.2 Å². The van der Waals surface area contributed by atoms with Crippen LogP contribution < -0.4 is 0 Å². The maximum absolute atomic E-state index is 11.8. The van der Waals surface area contributed by atoms with Crippen molar-refractivity contribution in [3.8, 4) is 0 Å².